The number of methoxy groups -OCH3 is 1. The van der Waals surface area contributed by atoms with Gasteiger partial charge in [0.25, 0.3) is 0 Å². The SMILES string of the molecule is COc1ccc(C)cc1C(N)CN1CCn2ccnc2C1. The van der Waals surface area contributed by atoms with E-state index < -0.39 is 0 Å². The molecule has 1 aliphatic heterocycles. The van der Waals surface area contributed by atoms with E-state index >= 15 is 0 Å². The fourth-order valence-electron chi connectivity index (χ4n) is 2.90. The van der Waals surface area contributed by atoms with Gasteiger partial charge in [-0.3, -0.25) is 4.90 Å². The molecule has 0 radical (unpaired) electrons. The highest BCUT2D eigenvalue weighted by atomic mass is 16.5. The molecular weight excluding hydrogens is 264 g/mol. The van der Waals surface area contributed by atoms with Crippen LogP contribution < -0.4 is 10.5 Å². The summed E-state index contributed by atoms with van der Waals surface area (Å²) in [4.78, 5) is 6.75. The van der Waals surface area contributed by atoms with Gasteiger partial charge < -0.3 is 15.0 Å². The number of rotatable bonds is 4. The van der Waals surface area contributed by atoms with Crippen LogP contribution in [0.1, 0.15) is 23.0 Å². The highest BCUT2D eigenvalue weighted by Gasteiger charge is 2.20. The van der Waals surface area contributed by atoms with E-state index in [2.05, 4.69) is 27.4 Å². The molecule has 1 atom stereocenters. The third-order valence-corrected chi connectivity index (χ3v) is 4.06. The lowest BCUT2D eigenvalue weighted by Crippen LogP contribution is -2.38. The second-order valence-corrected chi connectivity index (χ2v) is 5.62. The van der Waals surface area contributed by atoms with Crippen molar-refractivity contribution in [3.8, 4) is 5.75 Å². The lowest BCUT2D eigenvalue weighted by Gasteiger charge is -2.30. The van der Waals surface area contributed by atoms with Gasteiger partial charge in [-0.15, -0.1) is 0 Å². The molecule has 0 saturated carbocycles. The molecule has 1 aliphatic rings. The number of aromatic nitrogens is 2. The molecule has 0 spiro atoms. The van der Waals surface area contributed by atoms with E-state index in [1.165, 1.54) is 5.56 Å². The first-order valence-corrected chi connectivity index (χ1v) is 7.30. The molecular formula is C16H22N4O. The summed E-state index contributed by atoms with van der Waals surface area (Å²) >= 11 is 0. The lowest BCUT2D eigenvalue weighted by molar-refractivity contribution is 0.204. The fraction of sp³-hybridized carbons (Fsp3) is 0.438. The van der Waals surface area contributed by atoms with E-state index in [1.807, 2.05) is 24.5 Å². The van der Waals surface area contributed by atoms with Crippen molar-refractivity contribution >= 4 is 0 Å². The number of aryl methyl sites for hydroxylation is 1. The minimum Gasteiger partial charge on any atom is -0.496 e. The molecule has 0 amide bonds. The summed E-state index contributed by atoms with van der Waals surface area (Å²) in [6, 6.07) is 6.11. The first kappa shape index (κ1) is 14.1. The molecule has 2 aromatic rings. The molecule has 2 N–H and O–H groups in total. The molecule has 0 aliphatic carbocycles. The summed E-state index contributed by atoms with van der Waals surface area (Å²) in [5.41, 5.74) is 8.70. The van der Waals surface area contributed by atoms with Gasteiger partial charge in [0.15, 0.2) is 0 Å². The molecule has 1 aromatic heterocycles. The molecule has 2 heterocycles. The average molecular weight is 286 g/mol. The zero-order valence-corrected chi connectivity index (χ0v) is 12.6. The Kier molecular flexibility index (Phi) is 3.94. The van der Waals surface area contributed by atoms with Gasteiger partial charge in [-0.05, 0) is 13.0 Å². The Balaban J connectivity index is 1.72. The topological polar surface area (TPSA) is 56.3 Å². The van der Waals surface area contributed by atoms with Gasteiger partial charge in [0.1, 0.15) is 11.6 Å². The van der Waals surface area contributed by atoms with Crippen LogP contribution in [0, 0.1) is 6.92 Å². The number of hydrogen-bond donors (Lipinski definition) is 1. The molecule has 3 rings (SSSR count). The Morgan fingerprint density at radius 3 is 3.05 bits per heavy atom. The maximum atomic E-state index is 6.42. The number of imidazole rings is 1. The predicted octanol–water partition coefficient (Wildman–Crippen LogP) is 1.72. The number of benzene rings is 1. The van der Waals surface area contributed by atoms with E-state index in [0.29, 0.717) is 0 Å². The smallest absolute Gasteiger partial charge is 0.123 e. The Labute approximate surface area is 125 Å². The first-order valence-electron chi connectivity index (χ1n) is 7.30. The minimum atomic E-state index is -0.0543. The average Bonchev–Trinajstić information content (AvgIpc) is 2.94. The van der Waals surface area contributed by atoms with Gasteiger partial charge in [-0.25, -0.2) is 4.98 Å². The van der Waals surface area contributed by atoms with Crippen molar-refractivity contribution < 1.29 is 4.74 Å². The zero-order valence-electron chi connectivity index (χ0n) is 12.6. The van der Waals surface area contributed by atoms with Crippen molar-refractivity contribution in [1.82, 2.24) is 14.5 Å². The monoisotopic (exact) mass is 286 g/mol. The molecule has 112 valence electrons. The van der Waals surface area contributed by atoms with E-state index in [4.69, 9.17) is 10.5 Å². The minimum absolute atomic E-state index is 0.0543. The number of hydrogen-bond acceptors (Lipinski definition) is 4. The summed E-state index contributed by atoms with van der Waals surface area (Å²) in [6.45, 7) is 5.73. The van der Waals surface area contributed by atoms with E-state index in [9.17, 15) is 0 Å². The second-order valence-electron chi connectivity index (χ2n) is 5.62. The normalized spacial score (nSPS) is 16.5. The van der Waals surface area contributed by atoms with Crippen LogP contribution in [0.2, 0.25) is 0 Å². The fourth-order valence-corrected chi connectivity index (χ4v) is 2.90. The summed E-state index contributed by atoms with van der Waals surface area (Å²) in [6.07, 6.45) is 3.90. The van der Waals surface area contributed by atoms with Crippen molar-refractivity contribution in [1.29, 1.82) is 0 Å². The van der Waals surface area contributed by atoms with Crippen molar-refractivity contribution in [2.45, 2.75) is 26.1 Å². The van der Waals surface area contributed by atoms with E-state index in [0.717, 1.165) is 43.3 Å². The second kappa shape index (κ2) is 5.87. The quantitative estimate of drug-likeness (QED) is 0.929. The van der Waals surface area contributed by atoms with Crippen LogP contribution in [0.5, 0.6) is 5.75 Å². The Morgan fingerprint density at radius 1 is 1.38 bits per heavy atom. The number of fused-ring (bicyclic) bond motifs is 1. The van der Waals surface area contributed by atoms with Crippen LogP contribution in [-0.2, 0) is 13.1 Å². The largest absolute Gasteiger partial charge is 0.496 e. The third kappa shape index (κ3) is 2.94. The predicted molar refractivity (Wildman–Crippen MR) is 82.2 cm³/mol. The van der Waals surface area contributed by atoms with Gasteiger partial charge in [0.05, 0.1) is 13.7 Å². The number of nitrogens with zero attached hydrogens (tertiary/aromatic N) is 3. The first-order chi connectivity index (χ1) is 10.2. The zero-order chi connectivity index (χ0) is 14.8. The lowest BCUT2D eigenvalue weighted by atomic mass is 10.0. The van der Waals surface area contributed by atoms with Crippen LogP contribution in [-0.4, -0.2) is 34.7 Å². The summed E-state index contributed by atoms with van der Waals surface area (Å²) in [7, 11) is 1.69. The van der Waals surface area contributed by atoms with Crippen molar-refractivity contribution in [2.24, 2.45) is 5.73 Å². The van der Waals surface area contributed by atoms with Crippen LogP contribution in [0.4, 0.5) is 0 Å². The molecule has 0 fully saturated rings. The van der Waals surface area contributed by atoms with Crippen LogP contribution in [0.3, 0.4) is 0 Å². The van der Waals surface area contributed by atoms with Crippen LogP contribution in [0.15, 0.2) is 30.6 Å². The van der Waals surface area contributed by atoms with Crippen LogP contribution >= 0.6 is 0 Å². The van der Waals surface area contributed by atoms with E-state index in [-0.39, 0.29) is 6.04 Å². The Bertz CT molecular complexity index is 622. The summed E-state index contributed by atoms with van der Waals surface area (Å²) in [5.74, 6) is 1.98. The standard InChI is InChI=1S/C16H22N4O/c1-12-3-4-15(21-2)13(9-12)14(17)10-19-7-8-20-6-5-18-16(20)11-19/h3-6,9,14H,7-8,10-11,17H2,1-2H3. The molecule has 0 saturated heterocycles. The third-order valence-electron chi connectivity index (χ3n) is 4.06. The highest BCUT2D eigenvalue weighted by molar-refractivity contribution is 5.39. The number of nitrogens with two attached hydrogens (primary N) is 1. The van der Waals surface area contributed by atoms with Crippen LogP contribution in [0.25, 0.3) is 0 Å². The Morgan fingerprint density at radius 2 is 2.24 bits per heavy atom. The van der Waals surface area contributed by atoms with Crippen molar-refractivity contribution in [3.05, 3.63) is 47.5 Å². The maximum absolute atomic E-state index is 6.42. The highest BCUT2D eigenvalue weighted by Crippen LogP contribution is 2.26. The van der Waals surface area contributed by atoms with Crippen molar-refractivity contribution in [2.75, 3.05) is 20.2 Å². The molecule has 1 aromatic carbocycles. The van der Waals surface area contributed by atoms with Gasteiger partial charge in [-0.1, -0.05) is 17.7 Å². The van der Waals surface area contributed by atoms with Gasteiger partial charge in [0.2, 0.25) is 0 Å². The van der Waals surface area contributed by atoms with Crippen molar-refractivity contribution in [3.63, 3.8) is 0 Å². The molecule has 21 heavy (non-hydrogen) atoms. The molecule has 0 bridgehead atoms. The van der Waals surface area contributed by atoms with Gasteiger partial charge >= 0.3 is 0 Å². The molecule has 5 nitrogen and oxygen atoms in total. The maximum Gasteiger partial charge on any atom is 0.123 e. The van der Waals surface area contributed by atoms with Gasteiger partial charge in [0, 0.05) is 43.6 Å². The Hall–Kier alpha value is -1.85. The van der Waals surface area contributed by atoms with E-state index in [1.54, 1.807) is 7.11 Å². The molecule has 1 unspecified atom stereocenters. The summed E-state index contributed by atoms with van der Waals surface area (Å²) in [5, 5.41) is 0. The van der Waals surface area contributed by atoms with Gasteiger partial charge in [-0.2, -0.15) is 0 Å². The number of ether oxygens (including phenoxy) is 1. The summed E-state index contributed by atoms with van der Waals surface area (Å²) < 4.78 is 7.64. The molecule has 5 heteroatoms.